The zero-order chi connectivity index (χ0) is 17.2. The van der Waals surface area contributed by atoms with Crippen LogP contribution in [0.2, 0.25) is 0 Å². The summed E-state index contributed by atoms with van der Waals surface area (Å²) in [6.07, 6.45) is 4.46. The van der Waals surface area contributed by atoms with E-state index in [4.69, 9.17) is 5.11 Å². The van der Waals surface area contributed by atoms with Crippen molar-refractivity contribution < 1.29 is 9.90 Å². The van der Waals surface area contributed by atoms with E-state index in [9.17, 15) is 4.79 Å². The van der Waals surface area contributed by atoms with E-state index in [1.807, 2.05) is 0 Å². The summed E-state index contributed by atoms with van der Waals surface area (Å²) in [4.78, 5) is 13.6. The van der Waals surface area contributed by atoms with Crippen LogP contribution in [0.25, 0.3) is 0 Å². The van der Waals surface area contributed by atoms with Gasteiger partial charge in [-0.3, -0.25) is 9.69 Å². The molecule has 1 fully saturated rings. The Hall–Kier alpha value is -2.13. The molecule has 1 aliphatic carbocycles. The van der Waals surface area contributed by atoms with Crippen molar-refractivity contribution in [3.63, 3.8) is 0 Å². The Kier molecular flexibility index (Phi) is 4.58. The number of carboxylic acid groups (broad SMARTS) is 1. The molecule has 3 heteroatoms. The molecule has 4 rings (SSSR count). The lowest BCUT2D eigenvalue weighted by Gasteiger charge is -2.38. The number of carboxylic acids is 1. The van der Waals surface area contributed by atoms with Gasteiger partial charge in [0, 0.05) is 6.42 Å². The maximum absolute atomic E-state index is 11.0. The number of hydrogen-bond donors (Lipinski definition) is 1. The standard InChI is InChI=1S/C22H25NO2/c24-21(25)15-16-11-13-23(14-12-16)22-19-7-3-1-5-17(19)9-10-18-6-2-4-8-20(18)22/h1-8,16,22H,9-15H2,(H,24,25). The molecule has 0 aromatic heterocycles. The summed E-state index contributed by atoms with van der Waals surface area (Å²) in [5, 5.41) is 9.06. The lowest BCUT2D eigenvalue weighted by molar-refractivity contribution is -0.138. The second kappa shape index (κ2) is 7.01. The van der Waals surface area contributed by atoms with Gasteiger partial charge in [0.15, 0.2) is 0 Å². The molecule has 130 valence electrons. The van der Waals surface area contributed by atoms with Crippen molar-refractivity contribution in [2.75, 3.05) is 13.1 Å². The van der Waals surface area contributed by atoms with Gasteiger partial charge in [-0.25, -0.2) is 0 Å². The molecule has 0 saturated carbocycles. The molecule has 3 nitrogen and oxygen atoms in total. The van der Waals surface area contributed by atoms with Crippen LogP contribution in [0, 0.1) is 5.92 Å². The molecule has 0 atom stereocenters. The number of nitrogens with zero attached hydrogens (tertiary/aromatic N) is 1. The normalized spacial score (nSPS) is 19.0. The largest absolute Gasteiger partial charge is 0.481 e. The van der Waals surface area contributed by atoms with Gasteiger partial charge in [0.2, 0.25) is 0 Å². The molecule has 0 bridgehead atoms. The summed E-state index contributed by atoms with van der Waals surface area (Å²) in [5.74, 6) is -0.339. The van der Waals surface area contributed by atoms with Crippen LogP contribution in [0.1, 0.15) is 47.6 Å². The van der Waals surface area contributed by atoms with Crippen molar-refractivity contribution >= 4 is 5.97 Å². The number of rotatable bonds is 3. The molecule has 2 aromatic rings. The molecule has 0 unspecified atom stereocenters. The molecule has 25 heavy (non-hydrogen) atoms. The number of benzene rings is 2. The molecule has 2 aliphatic rings. The Morgan fingerprint density at radius 2 is 1.44 bits per heavy atom. The van der Waals surface area contributed by atoms with Crippen LogP contribution in [0.4, 0.5) is 0 Å². The summed E-state index contributed by atoms with van der Waals surface area (Å²) in [6.45, 7) is 1.95. The van der Waals surface area contributed by atoms with E-state index >= 15 is 0 Å². The number of aliphatic carboxylic acids is 1. The fourth-order valence-electron chi connectivity index (χ4n) is 4.55. The summed E-state index contributed by atoms with van der Waals surface area (Å²) in [6, 6.07) is 18.0. The highest BCUT2D eigenvalue weighted by molar-refractivity contribution is 5.67. The topological polar surface area (TPSA) is 40.5 Å². The first kappa shape index (κ1) is 16.3. The zero-order valence-corrected chi connectivity index (χ0v) is 14.5. The lowest BCUT2D eigenvalue weighted by atomic mass is 9.88. The van der Waals surface area contributed by atoms with Gasteiger partial charge < -0.3 is 5.11 Å². The van der Waals surface area contributed by atoms with Crippen LogP contribution < -0.4 is 0 Å². The quantitative estimate of drug-likeness (QED) is 0.919. The second-order valence-electron chi connectivity index (χ2n) is 7.38. The molecule has 1 heterocycles. The molecular weight excluding hydrogens is 310 g/mol. The Labute approximate surface area is 149 Å². The van der Waals surface area contributed by atoms with Gasteiger partial charge in [0.25, 0.3) is 0 Å². The van der Waals surface area contributed by atoms with Crippen LogP contribution >= 0.6 is 0 Å². The number of fused-ring (bicyclic) bond motifs is 2. The van der Waals surface area contributed by atoms with E-state index < -0.39 is 5.97 Å². The van der Waals surface area contributed by atoms with E-state index in [1.54, 1.807) is 0 Å². The monoisotopic (exact) mass is 335 g/mol. The van der Waals surface area contributed by atoms with Crippen molar-refractivity contribution in [2.24, 2.45) is 5.92 Å². The lowest BCUT2D eigenvalue weighted by Crippen LogP contribution is -2.38. The van der Waals surface area contributed by atoms with Gasteiger partial charge in [-0.05, 0) is 66.9 Å². The SMILES string of the molecule is O=C(O)CC1CCN(C2c3ccccc3CCc3ccccc32)CC1. The van der Waals surface area contributed by atoms with Gasteiger partial charge >= 0.3 is 5.97 Å². The summed E-state index contributed by atoms with van der Waals surface area (Å²) in [5.41, 5.74) is 5.78. The molecule has 0 radical (unpaired) electrons. The van der Waals surface area contributed by atoms with Crippen molar-refractivity contribution in [1.82, 2.24) is 4.90 Å². The predicted octanol–water partition coefficient (Wildman–Crippen LogP) is 4.06. The summed E-state index contributed by atoms with van der Waals surface area (Å²) < 4.78 is 0. The van der Waals surface area contributed by atoms with Crippen molar-refractivity contribution in [3.8, 4) is 0 Å². The fraction of sp³-hybridized carbons (Fsp3) is 0.409. The predicted molar refractivity (Wildman–Crippen MR) is 98.7 cm³/mol. The zero-order valence-electron chi connectivity index (χ0n) is 14.5. The molecule has 0 spiro atoms. The number of likely N-dealkylation sites (tertiary alicyclic amines) is 1. The van der Waals surface area contributed by atoms with Crippen LogP contribution in [-0.2, 0) is 17.6 Å². The Morgan fingerprint density at radius 1 is 0.920 bits per heavy atom. The molecule has 1 aliphatic heterocycles. The van der Waals surface area contributed by atoms with E-state index in [1.165, 1.54) is 22.3 Å². The highest BCUT2D eigenvalue weighted by Gasteiger charge is 2.31. The molecule has 1 saturated heterocycles. The number of carbonyl (C=O) groups is 1. The van der Waals surface area contributed by atoms with Crippen LogP contribution in [0.15, 0.2) is 48.5 Å². The smallest absolute Gasteiger partial charge is 0.303 e. The van der Waals surface area contributed by atoms with E-state index in [-0.39, 0.29) is 0 Å². The highest BCUT2D eigenvalue weighted by atomic mass is 16.4. The Balaban J connectivity index is 1.66. The fourth-order valence-corrected chi connectivity index (χ4v) is 4.55. The average molecular weight is 335 g/mol. The minimum absolute atomic E-state index is 0.306. The van der Waals surface area contributed by atoms with Crippen molar-refractivity contribution in [1.29, 1.82) is 0 Å². The second-order valence-corrected chi connectivity index (χ2v) is 7.38. The summed E-state index contributed by atoms with van der Waals surface area (Å²) >= 11 is 0. The van der Waals surface area contributed by atoms with Crippen molar-refractivity contribution in [3.05, 3.63) is 70.8 Å². The van der Waals surface area contributed by atoms with Crippen molar-refractivity contribution in [2.45, 2.75) is 38.1 Å². The van der Waals surface area contributed by atoms with Gasteiger partial charge in [-0.2, -0.15) is 0 Å². The Morgan fingerprint density at radius 3 is 1.96 bits per heavy atom. The first-order valence-corrected chi connectivity index (χ1v) is 9.34. The van der Waals surface area contributed by atoms with Crippen LogP contribution in [-0.4, -0.2) is 29.1 Å². The molecule has 2 aromatic carbocycles. The van der Waals surface area contributed by atoms with E-state index in [2.05, 4.69) is 53.4 Å². The maximum atomic E-state index is 11.0. The van der Waals surface area contributed by atoms with Crippen LogP contribution in [0.5, 0.6) is 0 Å². The first-order valence-electron chi connectivity index (χ1n) is 9.34. The van der Waals surface area contributed by atoms with E-state index in [0.29, 0.717) is 18.4 Å². The number of aryl methyl sites for hydroxylation is 2. The van der Waals surface area contributed by atoms with Gasteiger partial charge in [0.1, 0.15) is 0 Å². The number of hydrogen-bond acceptors (Lipinski definition) is 2. The highest BCUT2D eigenvalue weighted by Crippen LogP contribution is 2.38. The third-order valence-electron chi connectivity index (χ3n) is 5.84. The average Bonchev–Trinajstić information content (AvgIpc) is 2.79. The van der Waals surface area contributed by atoms with Gasteiger partial charge in [-0.1, -0.05) is 48.5 Å². The van der Waals surface area contributed by atoms with Gasteiger partial charge in [-0.15, -0.1) is 0 Å². The molecule has 1 N–H and O–H groups in total. The third-order valence-corrected chi connectivity index (χ3v) is 5.84. The van der Waals surface area contributed by atoms with Crippen LogP contribution in [0.3, 0.4) is 0 Å². The molecule has 0 amide bonds. The minimum Gasteiger partial charge on any atom is -0.481 e. The third kappa shape index (κ3) is 3.34. The molecular formula is C22H25NO2. The minimum atomic E-state index is -0.663. The Bertz CT molecular complexity index is 715. The first-order chi connectivity index (χ1) is 12.2. The number of piperidine rings is 1. The maximum Gasteiger partial charge on any atom is 0.303 e. The van der Waals surface area contributed by atoms with Gasteiger partial charge in [0.05, 0.1) is 6.04 Å². The summed E-state index contributed by atoms with van der Waals surface area (Å²) in [7, 11) is 0. The van der Waals surface area contributed by atoms with E-state index in [0.717, 1.165) is 38.8 Å².